The highest BCUT2D eigenvalue weighted by atomic mass is 32.1. The molecule has 1 aromatic heterocycles. The number of ether oxygens (including phenoxy) is 2. The molecule has 0 aliphatic heterocycles. The zero-order chi connectivity index (χ0) is 21.8. The number of esters is 1. The number of carbonyl (C=O) groups excluding carboxylic acids is 1. The summed E-state index contributed by atoms with van der Waals surface area (Å²) in [4.78, 5) is 24.5. The van der Waals surface area contributed by atoms with Gasteiger partial charge in [0.2, 0.25) is 0 Å². The summed E-state index contributed by atoms with van der Waals surface area (Å²) in [5, 5.41) is 18.1. The van der Waals surface area contributed by atoms with E-state index in [2.05, 4.69) is 17.6 Å². The van der Waals surface area contributed by atoms with Crippen molar-refractivity contribution in [1.82, 2.24) is 0 Å². The van der Waals surface area contributed by atoms with Crippen LogP contribution in [-0.2, 0) is 17.6 Å². The molecule has 2 N–H and O–H groups in total. The van der Waals surface area contributed by atoms with Gasteiger partial charge >= 0.3 is 5.97 Å². The lowest BCUT2D eigenvalue weighted by atomic mass is 9.88. The van der Waals surface area contributed by atoms with Crippen molar-refractivity contribution >= 4 is 51.0 Å². The molecule has 0 fully saturated rings. The summed E-state index contributed by atoms with van der Waals surface area (Å²) in [5.41, 5.74) is 1.57. The highest BCUT2D eigenvalue weighted by molar-refractivity contribution is 7.80. The quantitative estimate of drug-likeness (QED) is 0.281. The van der Waals surface area contributed by atoms with E-state index in [4.69, 9.17) is 21.7 Å². The molecule has 1 aliphatic rings. The normalized spacial score (nSPS) is 15.1. The van der Waals surface area contributed by atoms with Crippen LogP contribution in [0.25, 0.3) is 0 Å². The fraction of sp³-hybridized carbons (Fsp3) is 0.400. The van der Waals surface area contributed by atoms with E-state index in [-0.39, 0.29) is 16.5 Å². The van der Waals surface area contributed by atoms with Crippen LogP contribution in [0.1, 0.15) is 41.1 Å². The summed E-state index contributed by atoms with van der Waals surface area (Å²) in [6, 6.07) is 4.52. The lowest BCUT2D eigenvalue weighted by Crippen LogP contribution is -2.21. The number of thiocarbonyl (C=S) groups is 1. The lowest BCUT2D eigenvalue weighted by Gasteiger charge is -2.18. The maximum absolute atomic E-state index is 12.4. The third-order valence-corrected chi connectivity index (χ3v) is 6.23. The van der Waals surface area contributed by atoms with Gasteiger partial charge < -0.3 is 20.1 Å². The van der Waals surface area contributed by atoms with Gasteiger partial charge in [0.1, 0.15) is 16.4 Å². The van der Waals surface area contributed by atoms with Crippen molar-refractivity contribution < 1.29 is 19.2 Å². The van der Waals surface area contributed by atoms with Gasteiger partial charge in [0.25, 0.3) is 5.69 Å². The topological polar surface area (TPSA) is 103 Å². The molecule has 0 spiro atoms. The zero-order valence-electron chi connectivity index (χ0n) is 16.9. The molecule has 8 nitrogen and oxygen atoms in total. The second-order valence-corrected chi connectivity index (χ2v) is 8.51. The minimum absolute atomic E-state index is 0.152. The first kappa shape index (κ1) is 22.0. The maximum Gasteiger partial charge on any atom is 0.341 e. The predicted octanol–water partition coefficient (Wildman–Crippen LogP) is 4.78. The Kier molecular flexibility index (Phi) is 6.88. The van der Waals surface area contributed by atoms with Crippen molar-refractivity contribution in [3.8, 4) is 5.75 Å². The molecule has 2 aromatic rings. The Bertz CT molecular complexity index is 989. The summed E-state index contributed by atoms with van der Waals surface area (Å²) in [6.45, 7) is 4.39. The number of rotatable bonds is 6. The predicted molar refractivity (Wildman–Crippen MR) is 121 cm³/mol. The molecule has 0 radical (unpaired) electrons. The molecule has 0 amide bonds. The molecule has 0 saturated heterocycles. The molecular weight excluding hydrogens is 426 g/mol. The standard InChI is InChI=1S/C20H23N3O5S2/c1-4-28-12-6-8-14(15(10-12)23(25)26)21-20(29)22-18-17(19(24)27-3)13-7-5-11(2)9-16(13)30-18/h6,8,10-11H,4-5,7,9H2,1-3H3,(H2,21,22,29). The largest absolute Gasteiger partial charge is 0.494 e. The third kappa shape index (κ3) is 4.71. The van der Waals surface area contributed by atoms with E-state index < -0.39 is 10.9 Å². The number of nitro groups is 1. The number of anilines is 2. The van der Waals surface area contributed by atoms with Crippen molar-refractivity contribution in [2.45, 2.75) is 33.1 Å². The minimum atomic E-state index is -0.501. The average molecular weight is 450 g/mol. The van der Waals surface area contributed by atoms with Gasteiger partial charge in [0.15, 0.2) is 5.11 Å². The van der Waals surface area contributed by atoms with E-state index in [1.54, 1.807) is 19.1 Å². The SMILES string of the molecule is CCOc1ccc(NC(=S)Nc2sc3c(c2C(=O)OC)CCC(C)C3)c([N+](=O)[O-])c1. The molecule has 1 unspecified atom stereocenters. The van der Waals surface area contributed by atoms with Crippen molar-refractivity contribution in [3.05, 3.63) is 44.3 Å². The van der Waals surface area contributed by atoms with Crippen molar-refractivity contribution in [1.29, 1.82) is 0 Å². The molecule has 3 rings (SSSR count). The number of hydrogen-bond acceptors (Lipinski definition) is 7. The first-order valence-corrected chi connectivity index (χ1v) is 10.8. The monoisotopic (exact) mass is 449 g/mol. The highest BCUT2D eigenvalue weighted by Crippen LogP contribution is 2.40. The Balaban J connectivity index is 1.85. The van der Waals surface area contributed by atoms with Gasteiger partial charge in [-0.15, -0.1) is 11.3 Å². The second kappa shape index (κ2) is 9.40. The minimum Gasteiger partial charge on any atom is -0.494 e. The van der Waals surface area contributed by atoms with Crippen LogP contribution in [0.5, 0.6) is 5.75 Å². The van der Waals surface area contributed by atoms with E-state index in [0.717, 1.165) is 29.7 Å². The summed E-state index contributed by atoms with van der Waals surface area (Å²) < 4.78 is 10.3. The van der Waals surface area contributed by atoms with Crippen LogP contribution in [0.15, 0.2) is 18.2 Å². The van der Waals surface area contributed by atoms with Crippen LogP contribution in [0.3, 0.4) is 0 Å². The maximum atomic E-state index is 12.4. The van der Waals surface area contributed by atoms with Gasteiger partial charge in [-0.25, -0.2) is 4.79 Å². The van der Waals surface area contributed by atoms with Crippen LogP contribution in [0.4, 0.5) is 16.4 Å². The van der Waals surface area contributed by atoms with E-state index in [9.17, 15) is 14.9 Å². The number of nitrogens with one attached hydrogen (secondary N) is 2. The molecule has 1 heterocycles. The molecule has 1 atom stereocenters. The van der Waals surface area contributed by atoms with E-state index >= 15 is 0 Å². The Morgan fingerprint density at radius 1 is 1.40 bits per heavy atom. The van der Waals surface area contributed by atoms with Gasteiger partial charge in [0.05, 0.1) is 30.3 Å². The molecule has 160 valence electrons. The number of methoxy groups -OCH3 is 1. The Morgan fingerprint density at radius 3 is 2.83 bits per heavy atom. The number of benzene rings is 1. The van der Waals surface area contributed by atoms with Crippen LogP contribution in [0.2, 0.25) is 0 Å². The van der Waals surface area contributed by atoms with Crippen molar-refractivity contribution in [2.75, 3.05) is 24.4 Å². The molecule has 1 aliphatic carbocycles. The number of thiophene rings is 1. The summed E-state index contributed by atoms with van der Waals surface area (Å²) in [5.74, 6) is 0.534. The zero-order valence-corrected chi connectivity index (χ0v) is 18.6. The number of fused-ring (bicyclic) bond motifs is 1. The van der Waals surface area contributed by atoms with Crippen LogP contribution >= 0.6 is 23.6 Å². The number of nitrogens with zero attached hydrogens (tertiary/aromatic N) is 1. The van der Waals surface area contributed by atoms with Gasteiger partial charge in [-0.3, -0.25) is 10.1 Å². The number of carbonyl (C=O) groups is 1. The molecule has 30 heavy (non-hydrogen) atoms. The van der Waals surface area contributed by atoms with Gasteiger partial charge in [-0.1, -0.05) is 6.92 Å². The Labute approximate surface area is 183 Å². The first-order chi connectivity index (χ1) is 14.3. The smallest absolute Gasteiger partial charge is 0.341 e. The fourth-order valence-electron chi connectivity index (χ4n) is 3.44. The third-order valence-electron chi connectivity index (χ3n) is 4.85. The second-order valence-electron chi connectivity index (χ2n) is 7.00. The molecular formula is C20H23N3O5S2. The molecule has 10 heteroatoms. The summed E-state index contributed by atoms with van der Waals surface area (Å²) in [6.07, 6.45) is 2.72. The van der Waals surface area contributed by atoms with Crippen LogP contribution in [-0.4, -0.2) is 29.7 Å². The fourth-order valence-corrected chi connectivity index (χ4v) is 5.12. The van der Waals surface area contributed by atoms with E-state index in [1.165, 1.54) is 24.5 Å². The van der Waals surface area contributed by atoms with E-state index in [1.807, 2.05) is 0 Å². The van der Waals surface area contributed by atoms with Crippen molar-refractivity contribution in [3.63, 3.8) is 0 Å². The first-order valence-electron chi connectivity index (χ1n) is 9.56. The highest BCUT2D eigenvalue weighted by Gasteiger charge is 2.28. The van der Waals surface area contributed by atoms with E-state index in [0.29, 0.717) is 28.8 Å². The average Bonchev–Trinajstić information content (AvgIpc) is 3.05. The molecule has 0 saturated carbocycles. The summed E-state index contributed by atoms with van der Waals surface area (Å²) >= 11 is 6.85. The van der Waals surface area contributed by atoms with Crippen LogP contribution in [0, 0.1) is 16.0 Å². The number of hydrogen-bond donors (Lipinski definition) is 2. The Hall–Kier alpha value is -2.72. The Morgan fingerprint density at radius 2 is 2.17 bits per heavy atom. The van der Waals surface area contributed by atoms with Gasteiger partial charge in [-0.2, -0.15) is 0 Å². The number of nitro benzene ring substituents is 1. The van der Waals surface area contributed by atoms with Crippen LogP contribution < -0.4 is 15.4 Å². The lowest BCUT2D eigenvalue weighted by molar-refractivity contribution is -0.384. The summed E-state index contributed by atoms with van der Waals surface area (Å²) in [7, 11) is 1.35. The van der Waals surface area contributed by atoms with Crippen molar-refractivity contribution in [2.24, 2.45) is 5.92 Å². The molecule has 0 bridgehead atoms. The van der Waals surface area contributed by atoms with Gasteiger partial charge in [0, 0.05) is 4.88 Å². The van der Waals surface area contributed by atoms with Gasteiger partial charge in [-0.05, 0) is 62.0 Å². The molecule has 1 aromatic carbocycles.